The van der Waals surface area contributed by atoms with Crippen molar-refractivity contribution >= 4 is 10.8 Å². The summed E-state index contributed by atoms with van der Waals surface area (Å²) >= 11 is 0. The molecule has 3 fully saturated rings. The lowest BCUT2D eigenvalue weighted by molar-refractivity contribution is -0.659. The molecule has 3 saturated carbocycles. The van der Waals surface area contributed by atoms with Crippen LogP contribution in [0.4, 0.5) is 0 Å². The summed E-state index contributed by atoms with van der Waals surface area (Å²) in [7, 11) is 2.22. The lowest BCUT2D eigenvalue weighted by Crippen LogP contribution is -2.41. The van der Waals surface area contributed by atoms with E-state index in [4.69, 9.17) is 0 Å². The maximum absolute atomic E-state index is 2.57. The number of aryl methyl sites for hydroxylation is 2. The molecule has 0 radical (unpaired) electrons. The number of hydrogen-bond acceptors (Lipinski definition) is 0. The maximum Gasteiger partial charge on any atom is 0.220 e. The smallest absolute Gasteiger partial charge is 0.200 e. The molecule has 1 heterocycles. The number of nitrogens with zero attached hydrogens (tertiary/aromatic N) is 1. The quantitative estimate of drug-likeness (QED) is 0.243. The number of fused-ring (bicyclic) bond motifs is 6. The molecule has 8 rings (SSSR count). The highest BCUT2D eigenvalue weighted by Crippen LogP contribution is 2.57. The Labute approximate surface area is 227 Å². The van der Waals surface area contributed by atoms with Crippen LogP contribution in [0, 0.1) is 30.6 Å². The zero-order chi connectivity index (χ0) is 25.8. The first-order chi connectivity index (χ1) is 18.4. The second-order valence-corrected chi connectivity index (χ2v) is 13.8. The van der Waals surface area contributed by atoms with Crippen molar-refractivity contribution in [2.75, 3.05) is 0 Å². The van der Waals surface area contributed by atoms with E-state index in [1.54, 1.807) is 5.56 Å². The number of hydrogen-bond donors (Lipinski definition) is 0. The minimum atomic E-state index is 0.0166. The fraction of sp³-hybridized carbons (Fsp3) is 0.432. The van der Waals surface area contributed by atoms with Gasteiger partial charge in [-0.25, -0.2) is 4.57 Å². The van der Waals surface area contributed by atoms with Gasteiger partial charge in [-0.05, 0) is 120 Å². The number of benzene rings is 3. The Balaban J connectivity index is 1.25. The van der Waals surface area contributed by atoms with E-state index in [-0.39, 0.29) is 5.41 Å². The van der Waals surface area contributed by atoms with Crippen LogP contribution in [0.5, 0.6) is 0 Å². The van der Waals surface area contributed by atoms with Crippen molar-refractivity contribution in [1.29, 1.82) is 0 Å². The van der Waals surface area contributed by atoms with E-state index < -0.39 is 0 Å². The zero-order valence-corrected chi connectivity index (χ0v) is 23.4. The van der Waals surface area contributed by atoms with Gasteiger partial charge in [0.05, 0.1) is 10.9 Å². The van der Waals surface area contributed by atoms with E-state index in [0.717, 1.165) is 29.6 Å². The molecule has 0 saturated heterocycles. The Morgan fingerprint density at radius 3 is 2.50 bits per heavy atom. The largest absolute Gasteiger partial charge is 0.220 e. The predicted molar refractivity (Wildman–Crippen MR) is 157 cm³/mol. The Morgan fingerprint density at radius 2 is 1.61 bits per heavy atom. The van der Waals surface area contributed by atoms with E-state index >= 15 is 0 Å². The normalized spacial score (nSPS) is 28.4. The van der Waals surface area contributed by atoms with Crippen LogP contribution in [-0.2, 0) is 12.5 Å². The molecule has 4 aliphatic rings. The van der Waals surface area contributed by atoms with Crippen molar-refractivity contribution in [2.45, 2.75) is 70.6 Å². The molecule has 38 heavy (non-hydrogen) atoms. The second kappa shape index (κ2) is 8.04. The summed E-state index contributed by atoms with van der Waals surface area (Å²) in [6.07, 6.45) is 11.2. The lowest BCUT2D eigenvalue weighted by atomic mass is 9.53. The Kier molecular flexibility index (Phi) is 4.87. The van der Waals surface area contributed by atoms with Gasteiger partial charge in [-0.2, -0.15) is 0 Å². The monoisotopic (exact) mass is 498 g/mol. The van der Waals surface area contributed by atoms with E-state index in [9.17, 15) is 0 Å². The van der Waals surface area contributed by atoms with Crippen LogP contribution in [-0.4, -0.2) is 0 Å². The molecule has 0 N–H and O–H groups in total. The van der Waals surface area contributed by atoms with Gasteiger partial charge in [0.2, 0.25) is 5.69 Å². The van der Waals surface area contributed by atoms with Gasteiger partial charge in [0.25, 0.3) is 0 Å². The average Bonchev–Trinajstić information content (AvgIpc) is 3.12. The van der Waals surface area contributed by atoms with E-state index in [0.29, 0.717) is 0 Å². The molecular weight excluding hydrogens is 458 g/mol. The molecule has 5 unspecified atom stereocenters. The van der Waals surface area contributed by atoms with Crippen LogP contribution in [0.15, 0.2) is 66.9 Å². The Bertz CT molecular complexity index is 1600. The van der Waals surface area contributed by atoms with Crippen LogP contribution in [0.2, 0.25) is 0 Å². The molecule has 1 aromatic heterocycles. The van der Waals surface area contributed by atoms with Gasteiger partial charge in [0, 0.05) is 11.5 Å². The highest BCUT2D eigenvalue weighted by molar-refractivity contribution is 5.95. The van der Waals surface area contributed by atoms with Gasteiger partial charge < -0.3 is 0 Å². The van der Waals surface area contributed by atoms with E-state index in [1.807, 2.05) is 0 Å². The van der Waals surface area contributed by atoms with Crippen molar-refractivity contribution in [3.8, 4) is 22.4 Å². The van der Waals surface area contributed by atoms with Crippen LogP contribution < -0.4 is 4.57 Å². The first-order valence-corrected chi connectivity index (χ1v) is 15.1. The molecule has 3 bridgehead atoms. The van der Waals surface area contributed by atoms with Crippen LogP contribution in [0.3, 0.4) is 0 Å². The summed E-state index contributed by atoms with van der Waals surface area (Å²) in [5.74, 6) is 4.70. The minimum Gasteiger partial charge on any atom is -0.200 e. The van der Waals surface area contributed by atoms with Crippen molar-refractivity contribution < 1.29 is 4.57 Å². The molecule has 0 amide bonds. The second-order valence-electron chi connectivity index (χ2n) is 13.8. The first kappa shape index (κ1) is 23.0. The third kappa shape index (κ3) is 3.20. The fourth-order valence-corrected chi connectivity index (χ4v) is 9.57. The van der Waals surface area contributed by atoms with Gasteiger partial charge >= 0.3 is 0 Å². The third-order valence-electron chi connectivity index (χ3n) is 11.3. The maximum atomic E-state index is 2.57. The summed E-state index contributed by atoms with van der Waals surface area (Å²) in [5, 5.41) is 2.79. The molecule has 192 valence electrons. The Morgan fingerprint density at radius 1 is 0.763 bits per heavy atom. The number of pyridine rings is 1. The molecule has 0 aliphatic heterocycles. The summed E-state index contributed by atoms with van der Waals surface area (Å²) in [4.78, 5) is 0. The zero-order valence-electron chi connectivity index (χ0n) is 23.4. The number of rotatable bonds is 2. The van der Waals surface area contributed by atoms with E-state index in [2.05, 4.69) is 99.2 Å². The van der Waals surface area contributed by atoms with E-state index in [1.165, 1.54) is 88.4 Å². The molecule has 4 aromatic rings. The van der Waals surface area contributed by atoms with Crippen LogP contribution in [0.1, 0.15) is 80.5 Å². The van der Waals surface area contributed by atoms with Gasteiger partial charge in [-0.3, -0.25) is 0 Å². The van der Waals surface area contributed by atoms with Gasteiger partial charge in [-0.15, -0.1) is 0 Å². The van der Waals surface area contributed by atoms with Crippen LogP contribution in [0.25, 0.3) is 33.2 Å². The standard InChI is InChI=1S/C37H40N/c1-22-15-33-30-7-5-6-8-34(30)37(2,3)35(33)21-31(22)36-29-12-10-25(20-26(29)13-14-38(36)4)32-19-24-16-23-9-11-28(32)27(17-23)18-24/h5-8,10,12-15,20-21,23-24,27-28,32H,9,11,16-19H2,1-4H3/q+1. The first-order valence-electron chi connectivity index (χ1n) is 15.1. The number of aromatic nitrogens is 1. The van der Waals surface area contributed by atoms with Crippen LogP contribution >= 0.6 is 0 Å². The van der Waals surface area contributed by atoms with Gasteiger partial charge in [-0.1, -0.05) is 62.7 Å². The molecule has 3 aromatic carbocycles. The van der Waals surface area contributed by atoms with Gasteiger partial charge in [0.15, 0.2) is 6.20 Å². The highest BCUT2D eigenvalue weighted by Gasteiger charge is 2.46. The Hall–Kier alpha value is -2.93. The van der Waals surface area contributed by atoms with Crippen molar-refractivity contribution in [3.05, 3.63) is 89.1 Å². The summed E-state index contributed by atoms with van der Waals surface area (Å²) in [6.45, 7) is 7.08. The fourth-order valence-electron chi connectivity index (χ4n) is 9.57. The summed E-state index contributed by atoms with van der Waals surface area (Å²) in [6, 6.07) is 23.8. The minimum absolute atomic E-state index is 0.0166. The molecule has 0 spiro atoms. The molecule has 5 atom stereocenters. The molecule has 4 aliphatic carbocycles. The predicted octanol–water partition coefficient (Wildman–Crippen LogP) is 8.88. The van der Waals surface area contributed by atoms with Crippen molar-refractivity contribution in [3.63, 3.8) is 0 Å². The SMILES string of the molecule is Cc1cc2c(cc1-c1c3ccc(C4CC5CC6CCC4C(C6)C5)cc3cc[n+]1C)C(C)(C)c1ccccc1-2. The summed E-state index contributed by atoms with van der Waals surface area (Å²) in [5.41, 5.74) is 11.4. The third-order valence-corrected chi connectivity index (χ3v) is 11.3. The van der Waals surface area contributed by atoms with Crippen molar-refractivity contribution in [2.24, 2.45) is 30.7 Å². The molecule has 1 heteroatoms. The average molecular weight is 499 g/mol. The molecular formula is C37H40N+. The van der Waals surface area contributed by atoms with Crippen molar-refractivity contribution in [1.82, 2.24) is 0 Å². The highest BCUT2D eigenvalue weighted by atomic mass is 14.9. The summed E-state index contributed by atoms with van der Waals surface area (Å²) < 4.78 is 2.35. The van der Waals surface area contributed by atoms with Gasteiger partial charge in [0.1, 0.15) is 7.05 Å². The lowest BCUT2D eigenvalue weighted by Gasteiger charge is -2.52. The molecule has 1 nitrogen and oxygen atoms in total. The topological polar surface area (TPSA) is 3.88 Å².